The molecular weight excluding hydrogens is 244 g/mol. The standard InChI is InChI=1S/C13H14N4O2/c14-7-11-9(16)17-13(18-5-6-19-13)12(11,8-15)10(11)3-1-2-4-10/h1-6H2,(H2,16,17)/p+1/t11-,12+/m1/s1. The van der Waals surface area contributed by atoms with E-state index >= 15 is 0 Å². The summed E-state index contributed by atoms with van der Waals surface area (Å²) in [6, 6.07) is 4.70. The fourth-order valence-electron chi connectivity index (χ4n) is 5.02. The topological polar surface area (TPSA) is 106 Å². The molecule has 0 unspecified atom stereocenters. The Hall–Kier alpha value is -1.63. The molecule has 1 saturated heterocycles. The second kappa shape index (κ2) is 2.92. The van der Waals surface area contributed by atoms with Crippen molar-refractivity contribution in [1.29, 1.82) is 10.5 Å². The van der Waals surface area contributed by atoms with Gasteiger partial charge in [-0.25, -0.2) is 4.99 Å². The molecule has 4 aliphatic rings. The maximum Gasteiger partial charge on any atom is 0.343 e. The third kappa shape index (κ3) is 0.745. The number of nitrogens with one attached hydrogen (secondary N) is 1. The van der Waals surface area contributed by atoms with Gasteiger partial charge in [-0.1, -0.05) is 12.8 Å². The number of hydrogen-bond donors (Lipinski definition) is 2. The van der Waals surface area contributed by atoms with E-state index in [1.165, 1.54) is 0 Å². The summed E-state index contributed by atoms with van der Waals surface area (Å²) < 4.78 is 11.5. The highest BCUT2D eigenvalue weighted by molar-refractivity contribution is 5.95. The normalized spacial score (nSPS) is 43.8. The Labute approximate surface area is 110 Å². The summed E-state index contributed by atoms with van der Waals surface area (Å²) in [5, 5.41) is 19.6. The molecule has 0 aromatic carbocycles. The lowest BCUT2D eigenvalue weighted by molar-refractivity contribution is -0.678. The van der Waals surface area contributed by atoms with Gasteiger partial charge in [-0.15, -0.1) is 0 Å². The van der Waals surface area contributed by atoms with Crippen molar-refractivity contribution in [3.05, 3.63) is 0 Å². The first-order chi connectivity index (χ1) is 9.16. The lowest BCUT2D eigenvalue weighted by Gasteiger charge is -2.26. The lowest BCUT2D eigenvalue weighted by Crippen LogP contribution is -2.90. The second-order valence-electron chi connectivity index (χ2n) is 5.87. The molecule has 6 heteroatoms. The van der Waals surface area contributed by atoms with Gasteiger partial charge in [0.25, 0.3) is 5.84 Å². The number of nitrogens with zero attached hydrogens (tertiary/aromatic N) is 2. The summed E-state index contributed by atoms with van der Waals surface area (Å²) >= 11 is 0. The van der Waals surface area contributed by atoms with Crippen molar-refractivity contribution < 1.29 is 14.5 Å². The van der Waals surface area contributed by atoms with Crippen molar-refractivity contribution in [1.82, 2.24) is 0 Å². The SMILES string of the molecule is N#C[C@@]12C3([NH+]=C(N)[C@]1(C#N)C21CCCC1)OCCO3. The third-order valence-corrected chi connectivity index (χ3v) is 5.62. The van der Waals surface area contributed by atoms with Gasteiger partial charge in [0, 0.05) is 5.41 Å². The van der Waals surface area contributed by atoms with Gasteiger partial charge in [0.2, 0.25) is 0 Å². The maximum atomic E-state index is 9.86. The number of hydrogen-bond acceptors (Lipinski definition) is 5. The molecule has 6 nitrogen and oxygen atoms in total. The van der Waals surface area contributed by atoms with Crippen molar-refractivity contribution in [3.63, 3.8) is 0 Å². The zero-order valence-corrected chi connectivity index (χ0v) is 10.5. The van der Waals surface area contributed by atoms with E-state index < -0.39 is 22.2 Å². The molecule has 3 N–H and O–H groups in total. The van der Waals surface area contributed by atoms with Crippen molar-refractivity contribution in [3.8, 4) is 12.1 Å². The van der Waals surface area contributed by atoms with Gasteiger partial charge in [-0.3, -0.25) is 5.73 Å². The predicted molar refractivity (Wildman–Crippen MR) is 61.8 cm³/mol. The van der Waals surface area contributed by atoms with Crippen LogP contribution in [0.4, 0.5) is 0 Å². The van der Waals surface area contributed by atoms with Crippen molar-refractivity contribution in [2.45, 2.75) is 31.6 Å². The second-order valence-corrected chi connectivity index (χ2v) is 5.87. The summed E-state index contributed by atoms with van der Waals surface area (Å²) in [5.41, 5.74) is 3.74. The molecule has 0 aromatic heterocycles. The third-order valence-electron chi connectivity index (χ3n) is 5.62. The van der Waals surface area contributed by atoms with E-state index in [4.69, 9.17) is 15.2 Å². The van der Waals surface area contributed by atoms with Crippen LogP contribution in [0.15, 0.2) is 0 Å². The fourth-order valence-corrected chi connectivity index (χ4v) is 5.02. The van der Waals surface area contributed by atoms with Crippen LogP contribution in [0.1, 0.15) is 25.7 Å². The maximum absolute atomic E-state index is 9.86. The van der Waals surface area contributed by atoms with E-state index in [9.17, 15) is 10.5 Å². The average Bonchev–Trinajstić information content (AvgIpc) is 2.89. The molecule has 2 aliphatic heterocycles. The molecule has 2 saturated carbocycles. The first-order valence-corrected chi connectivity index (χ1v) is 6.68. The molecule has 4 rings (SSSR count). The van der Waals surface area contributed by atoms with E-state index in [0.29, 0.717) is 19.0 Å². The van der Waals surface area contributed by atoms with Crippen LogP contribution < -0.4 is 10.7 Å². The van der Waals surface area contributed by atoms with Crippen LogP contribution in [-0.4, -0.2) is 25.0 Å². The molecule has 3 fully saturated rings. The van der Waals surface area contributed by atoms with E-state index in [1.54, 1.807) is 0 Å². The Kier molecular flexibility index (Phi) is 1.73. The van der Waals surface area contributed by atoms with Gasteiger partial charge in [0.05, 0.1) is 25.4 Å². The number of nitrogens with two attached hydrogens (primary N) is 1. The molecule has 0 aromatic rings. The highest BCUT2D eigenvalue weighted by Crippen LogP contribution is 2.87. The van der Waals surface area contributed by atoms with Gasteiger partial charge < -0.3 is 9.47 Å². The summed E-state index contributed by atoms with van der Waals surface area (Å²) in [5.74, 6) is -0.869. The van der Waals surface area contributed by atoms with Crippen LogP contribution in [0, 0.1) is 38.9 Å². The van der Waals surface area contributed by atoms with Gasteiger partial charge in [0.15, 0.2) is 10.8 Å². The lowest BCUT2D eigenvalue weighted by atomic mass is 9.88. The fraction of sp³-hybridized carbons (Fsp3) is 0.769. The molecule has 2 heterocycles. The Morgan fingerprint density at radius 2 is 1.74 bits per heavy atom. The van der Waals surface area contributed by atoms with Crippen molar-refractivity contribution in [2.24, 2.45) is 22.0 Å². The van der Waals surface area contributed by atoms with Crippen LogP contribution in [0.5, 0.6) is 0 Å². The molecule has 2 spiro atoms. The van der Waals surface area contributed by atoms with Crippen LogP contribution >= 0.6 is 0 Å². The first-order valence-electron chi connectivity index (χ1n) is 6.68. The summed E-state index contributed by atoms with van der Waals surface area (Å²) in [4.78, 5) is 2.97. The highest BCUT2D eigenvalue weighted by Gasteiger charge is 3.04. The van der Waals surface area contributed by atoms with Crippen molar-refractivity contribution >= 4 is 5.84 Å². The minimum Gasteiger partial charge on any atom is -0.311 e. The smallest absolute Gasteiger partial charge is 0.311 e. The van der Waals surface area contributed by atoms with E-state index in [2.05, 4.69) is 17.1 Å². The molecule has 2 aliphatic carbocycles. The van der Waals surface area contributed by atoms with Crippen LogP contribution in [0.2, 0.25) is 0 Å². The van der Waals surface area contributed by atoms with E-state index in [1.807, 2.05) is 0 Å². The number of ether oxygens (including phenoxy) is 2. The van der Waals surface area contributed by atoms with Crippen molar-refractivity contribution in [2.75, 3.05) is 13.2 Å². The molecule has 2 atom stereocenters. The Balaban J connectivity index is 1.99. The van der Waals surface area contributed by atoms with Gasteiger partial charge in [-0.2, -0.15) is 10.5 Å². The number of amidine groups is 1. The number of fused-ring (bicyclic) bond motifs is 4. The molecule has 0 radical (unpaired) electrons. The van der Waals surface area contributed by atoms with Gasteiger partial charge in [0.1, 0.15) is 0 Å². The number of rotatable bonds is 0. The van der Waals surface area contributed by atoms with Gasteiger partial charge >= 0.3 is 5.91 Å². The molecule has 19 heavy (non-hydrogen) atoms. The first kappa shape index (κ1) is 11.2. The number of nitriles is 2. The Bertz CT molecular complexity index is 574. The predicted octanol–water partition coefficient (Wildman–Crippen LogP) is -1.27. The monoisotopic (exact) mass is 259 g/mol. The minimum atomic E-state index is -1.22. The summed E-state index contributed by atoms with van der Waals surface area (Å²) in [6.45, 7) is 0.836. The Morgan fingerprint density at radius 1 is 1.11 bits per heavy atom. The van der Waals surface area contributed by atoms with E-state index in [0.717, 1.165) is 25.7 Å². The zero-order chi connectivity index (χ0) is 13.4. The van der Waals surface area contributed by atoms with Crippen LogP contribution in [0.3, 0.4) is 0 Å². The van der Waals surface area contributed by atoms with E-state index in [-0.39, 0.29) is 0 Å². The Morgan fingerprint density at radius 3 is 2.26 bits per heavy atom. The van der Waals surface area contributed by atoms with Crippen LogP contribution in [0.25, 0.3) is 0 Å². The average molecular weight is 259 g/mol. The molecule has 0 amide bonds. The van der Waals surface area contributed by atoms with Gasteiger partial charge in [-0.05, 0) is 12.8 Å². The largest absolute Gasteiger partial charge is 0.343 e. The molecule has 0 bridgehead atoms. The minimum absolute atomic E-state index is 0.348. The summed E-state index contributed by atoms with van der Waals surface area (Å²) in [6.07, 6.45) is 3.72. The quantitative estimate of drug-likeness (QED) is 0.564. The zero-order valence-electron chi connectivity index (χ0n) is 10.5. The molecule has 98 valence electrons. The van der Waals surface area contributed by atoms with Crippen LogP contribution in [-0.2, 0) is 9.47 Å². The molecular formula is C13H15N4O2+. The summed E-state index contributed by atoms with van der Waals surface area (Å²) in [7, 11) is 0. The highest BCUT2D eigenvalue weighted by atomic mass is 16.8.